The van der Waals surface area contributed by atoms with E-state index in [-0.39, 0.29) is 18.0 Å². The number of nitrogens with one attached hydrogen (secondary N) is 2. The highest BCUT2D eigenvalue weighted by atomic mass is 35.5. The third-order valence-corrected chi connectivity index (χ3v) is 5.91. The van der Waals surface area contributed by atoms with Crippen molar-refractivity contribution >= 4 is 46.6 Å². The average molecular weight is 493 g/mol. The zero-order valence-electron chi connectivity index (χ0n) is 17.4. The topological polar surface area (TPSA) is 58.2 Å². The number of hydrogen-bond acceptors (Lipinski definition) is 3. The summed E-state index contributed by atoms with van der Waals surface area (Å²) in [6.07, 6.45) is -4.40. The maximum absolute atomic E-state index is 13.2. The van der Waals surface area contributed by atoms with Gasteiger partial charge in [0.15, 0.2) is 0 Å². The quantitative estimate of drug-likeness (QED) is 0.363. The molecule has 1 atom stereocenters. The number of rotatable bonds is 7. The van der Waals surface area contributed by atoms with Gasteiger partial charge in [0.2, 0.25) is 11.8 Å². The van der Waals surface area contributed by atoms with Gasteiger partial charge in [-0.1, -0.05) is 41.9 Å². The van der Waals surface area contributed by atoms with Crippen LogP contribution in [0.1, 0.15) is 18.1 Å². The molecule has 0 aliphatic carbocycles. The van der Waals surface area contributed by atoms with Crippen molar-refractivity contribution in [1.29, 1.82) is 0 Å². The molecule has 0 saturated heterocycles. The second-order valence-corrected chi connectivity index (χ2v) is 9.02. The van der Waals surface area contributed by atoms with Gasteiger partial charge in [0, 0.05) is 15.6 Å². The summed E-state index contributed by atoms with van der Waals surface area (Å²) in [5.41, 5.74) is 0.174. The Labute approximate surface area is 198 Å². The molecule has 0 heterocycles. The van der Waals surface area contributed by atoms with Crippen LogP contribution >= 0.6 is 23.4 Å². The number of alkyl halides is 3. The minimum Gasteiger partial charge on any atom is -0.326 e. The van der Waals surface area contributed by atoms with Gasteiger partial charge >= 0.3 is 6.18 Å². The smallest absolute Gasteiger partial charge is 0.326 e. The summed E-state index contributed by atoms with van der Waals surface area (Å²) in [4.78, 5) is 25.5. The van der Waals surface area contributed by atoms with Crippen LogP contribution < -0.4 is 10.6 Å². The molecule has 0 saturated carbocycles. The standard InChI is InChI=1S/C24H20ClF3N2O2S/c1-15(23(32)30-21-8-3-2-7-20(21)24(26,27)28)33-19-6-4-5-18(14-19)29-22(31)13-16-9-11-17(25)12-10-16/h2-12,14-15H,13H2,1H3,(H,29,31)(H,30,32). The van der Waals surface area contributed by atoms with Crippen LogP contribution in [-0.4, -0.2) is 17.1 Å². The van der Waals surface area contributed by atoms with Crippen LogP contribution in [0.25, 0.3) is 0 Å². The second-order valence-electron chi connectivity index (χ2n) is 7.17. The Hall–Kier alpha value is -2.97. The normalized spacial score (nSPS) is 12.2. The van der Waals surface area contributed by atoms with Gasteiger partial charge in [-0.15, -0.1) is 11.8 Å². The number of halogens is 4. The molecule has 33 heavy (non-hydrogen) atoms. The maximum atomic E-state index is 13.2. The van der Waals surface area contributed by atoms with Crippen molar-refractivity contribution < 1.29 is 22.8 Å². The Balaban J connectivity index is 1.61. The fourth-order valence-electron chi connectivity index (χ4n) is 2.97. The van der Waals surface area contributed by atoms with E-state index in [1.54, 1.807) is 55.5 Å². The van der Waals surface area contributed by atoms with Crippen molar-refractivity contribution in [2.75, 3.05) is 10.6 Å². The van der Waals surface area contributed by atoms with Crippen molar-refractivity contribution in [2.24, 2.45) is 0 Å². The first-order chi connectivity index (χ1) is 15.6. The minimum atomic E-state index is -4.57. The zero-order chi connectivity index (χ0) is 24.0. The van der Waals surface area contributed by atoms with Crippen LogP contribution in [0.2, 0.25) is 5.02 Å². The highest BCUT2D eigenvalue weighted by Crippen LogP contribution is 2.35. The molecule has 0 aromatic heterocycles. The average Bonchev–Trinajstić information content (AvgIpc) is 2.75. The molecule has 0 fully saturated rings. The Kier molecular flexibility index (Phi) is 8.05. The fourth-order valence-corrected chi connectivity index (χ4v) is 4.02. The van der Waals surface area contributed by atoms with Crippen molar-refractivity contribution in [3.63, 3.8) is 0 Å². The molecule has 3 aromatic carbocycles. The summed E-state index contributed by atoms with van der Waals surface area (Å²) >= 11 is 7.02. The predicted molar refractivity (Wildman–Crippen MR) is 126 cm³/mol. The van der Waals surface area contributed by atoms with E-state index >= 15 is 0 Å². The van der Waals surface area contributed by atoms with Crippen LogP contribution in [-0.2, 0) is 22.2 Å². The van der Waals surface area contributed by atoms with Gasteiger partial charge in [0.25, 0.3) is 0 Å². The molecule has 1 unspecified atom stereocenters. The lowest BCUT2D eigenvalue weighted by molar-refractivity contribution is -0.137. The molecule has 0 spiro atoms. The van der Waals surface area contributed by atoms with Crippen LogP contribution in [0.4, 0.5) is 24.5 Å². The molecular weight excluding hydrogens is 473 g/mol. The van der Waals surface area contributed by atoms with Crippen molar-refractivity contribution in [2.45, 2.75) is 29.7 Å². The Morgan fingerprint density at radius 3 is 2.36 bits per heavy atom. The summed E-state index contributed by atoms with van der Waals surface area (Å²) in [6, 6.07) is 18.7. The van der Waals surface area contributed by atoms with E-state index in [1.165, 1.54) is 30.0 Å². The van der Waals surface area contributed by atoms with Gasteiger partial charge in [0.05, 0.1) is 22.9 Å². The molecule has 4 nitrogen and oxygen atoms in total. The number of carbonyl (C=O) groups is 2. The number of benzene rings is 3. The molecule has 172 valence electrons. The number of amides is 2. The lowest BCUT2D eigenvalue weighted by atomic mass is 10.1. The van der Waals surface area contributed by atoms with Gasteiger partial charge in [-0.2, -0.15) is 13.2 Å². The SMILES string of the molecule is CC(Sc1cccc(NC(=O)Cc2ccc(Cl)cc2)c1)C(=O)Nc1ccccc1C(F)(F)F. The summed E-state index contributed by atoms with van der Waals surface area (Å²) < 4.78 is 39.5. The molecule has 3 rings (SSSR count). The first kappa shape index (κ1) is 24.7. The lowest BCUT2D eigenvalue weighted by Gasteiger charge is -2.16. The number of anilines is 2. The van der Waals surface area contributed by atoms with Crippen LogP contribution in [0, 0.1) is 0 Å². The minimum absolute atomic E-state index is 0.173. The second kappa shape index (κ2) is 10.8. The zero-order valence-corrected chi connectivity index (χ0v) is 19.0. The van der Waals surface area contributed by atoms with E-state index in [2.05, 4.69) is 10.6 Å². The Bertz CT molecular complexity index is 1140. The molecule has 2 N–H and O–H groups in total. The largest absolute Gasteiger partial charge is 0.418 e. The van der Waals surface area contributed by atoms with Crippen molar-refractivity contribution in [3.8, 4) is 0 Å². The monoisotopic (exact) mass is 492 g/mol. The number of hydrogen-bond donors (Lipinski definition) is 2. The Morgan fingerprint density at radius 1 is 0.970 bits per heavy atom. The van der Waals surface area contributed by atoms with Gasteiger partial charge in [-0.25, -0.2) is 0 Å². The predicted octanol–water partition coefficient (Wildman–Crippen LogP) is 6.66. The van der Waals surface area contributed by atoms with Crippen molar-refractivity contribution in [1.82, 2.24) is 0 Å². The fraction of sp³-hybridized carbons (Fsp3) is 0.167. The van der Waals surface area contributed by atoms with Gasteiger partial charge in [0.1, 0.15) is 0 Å². The van der Waals surface area contributed by atoms with E-state index in [0.717, 1.165) is 11.6 Å². The summed E-state index contributed by atoms with van der Waals surface area (Å²) in [5.74, 6) is -0.775. The summed E-state index contributed by atoms with van der Waals surface area (Å²) in [7, 11) is 0. The molecule has 9 heteroatoms. The van der Waals surface area contributed by atoms with E-state index in [4.69, 9.17) is 11.6 Å². The first-order valence-electron chi connectivity index (χ1n) is 9.90. The number of para-hydroxylation sites is 1. The van der Waals surface area contributed by atoms with Crippen LogP contribution in [0.15, 0.2) is 77.7 Å². The summed E-state index contributed by atoms with van der Waals surface area (Å²) in [6.45, 7) is 1.60. The third kappa shape index (κ3) is 7.27. The molecule has 0 bridgehead atoms. The van der Waals surface area contributed by atoms with Crippen LogP contribution in [0.5, 0.6) is 0 Å². The van der Waals surface area contributed by atoms with E-state index in [0.29, 0.717) is 15.6 Å². The lowest BCUT2D eigenvalue weighted by Crippen LogP contribution is -2.24. The highest BCUT2D eigenvalue weighted by Gasteiger charge is 2.33. The van der Waals surface area contributed by atoms with E-state index in [9.17, 15) is 22.8 Å². The molecule has 0 radical (unpaired) electrons. The van der Waals surface area contributed by atoms with Gasteiger partial charge in [-0.3, -0.25) is 9.59 Å². The van der Waals surface area contributed by atoms with Gasteiger partial charge < -0.3 is 10.6 Å². The van der Waals surface area contributed by atoms with Gasteiger partial charge in [-0.05, 0) is 55.0 Å². The van der Waals surface area contributed by atoms with Crippen LogP contribution in [0.3, 0.4) is 0 Å². The third-order valence-electron chi connectivity index (χ3n) is 4.57. The molecular formula is C24H20ClF3N2O2S. The number of thioether (sulfide) groups is 1. The maximum Gasteiger partial charge on any atom is 0.418 e. The molecule has 0 aliphatic heterocycles. The number of carbonyl (C=O) groups excluding carboxylic acids is 2. The van der Waals surface area contributed by atoms with Crippen molar-refractivity contribution in [3.05, 3.63) is 88.9 Å². The molecule has 3 aromatic rings. The Morgan fingerprint density at radius 2 is 1.67 bits per heavy atom. The van der Waals surface area contributed by atoms with E-state index < -0.39 is 22.9 Å². The molecule has 0 aliphatic rings. The first-order valence-corrected chi connectivity index (χ1v) is 11.2. The molecule has 2 amide bonds. The van der Waals surface area contributed by atoms with E-state index in [1.807, 2.05) is 0 Å². The summed E-state index contributed by atoms with van der Waals surface area (Å²) in [5, 5.41) is 5.07. The highest BCUT2D eigenvalue weighted by molar-refractivity contribution is 8.00.